The molecule has 2 heterocycles. The molecule has 0 aliphatic heterocycles. The van der Waals surface area contributed by atoms with E-state index in [1.807, 2.05) is 56.4 Å². The number of aromatic nitrogens is 1. The van der Waals surface area contributed by atoms with E-state index in [1.165, 1.54) is 31.7 Å². The van der Waals surface area contributed by atoms with E-state index in [-0.39, 0.29) is 11.2 Å². The highest BCUT2D eigenvalue weighted by molar-refractivity contribution is 6.10. The van der Waals surface area contributed by atoms with Crippen LogP contribution in [0.1, 0.15) is 71.8 Å². The van der Waals surface area contributed by atoms with Gasteiger partial charge in [0.05, 0.1) is 11.1 Å². The second kappa shape index (κ2) is 9.13. The van der Waals surface area contributed by atoms with E-state index in [4.69, 9.17) is 10.8 Å². The van der Waals surface area contributed by atoms with Crippen molar-refractivity contribution in [3.05, 3.63) is 89.9 Å². The molecule has 188 valence electrons. The van der Waals surface area contributed by atoms with Crippen molar-refractivity contribution >= 4 is 21.9 Å². The van der Waals surface area contributed by atoms with Gasteiger partial charge in [-0.3, -0.25) is 4.98 Å². The monoisotopic (exact) mass is 492 g/mol. The lowest BCUT2D eigenvalue weighted by Crippen LogP contribution is -2.28. The highest BCUT2D eigenvalue weighted by Crippen LogP contribution is 2.46. The first-order chi connectivity index (χ1) is 18.1. The molecule has 0 bridgehead atoms. The number of rotatable bonds is 5. The van der Waals surface area contributed by atoms with Gasteiger partial charge in [-0.05, 0) is 82.7 Å². The van der Waals surface area contributed by atoms with E-state index < -0.39 is 5.89 Å². The summed E-state index contributed by atoms with van der Waals surface area (Å²) in [5.41, 5.74) is 6.83. The Kier molecular flexibility index (Phi) is 5.61. The molecule has 0 N–H and O–H groups in total. The van der Waals surface area contributed by atoms with Gasteiger partial charge in [-0.15, -0.1) is 0 Å². The van der Waals surface area contributed by atoms with Crippen LogP contribution in [0.4, 0.5) is 4.39 Å². The van der Waals surface area contributed by atoms with Gasteiger partial charge in [0.15, 0.2) is 0 Å². The fourth-order valence-electron chi connectivity index (χ4n) is 6.25. The molecule has 0 unspecified atom stereocenters. The third kappa shape index (κ3) is 4.05. The molecule has 0 amide bonds. The van der Waals surface area contributed by atoms with E-state index in [2.05, 4.69) is 32.0 Å². The van der Waals surface area contributed by atoms with Crippen molar-refractivity contribution < 1.29 is 10.2 Å². The molecule has 2 nitrogen and oxygen atoms in total. The first kappa shape index (κ1) is 22.7. The SMILES string of the molecule is [2H]C(C)(C)c1cnc(-c2ccc(F)c3c2oc2cc(-c4ccccc4)ccc23)cc1C(C)(C)C1CCCC1. The van der Waals surface area contributed by atoms with Crippen LogP contribution >= 0.6 is 0 Å². The Bertz CT molecular complexity index is 1640. The summed E-state index contributed by atoms with van der Waals surface area (Å²) in [5, 5.41) is 1.25. The van der Waals surface area contributed by atoms with Gasteiger partial charge in [0.1, 0.15) is 17.0 Å². The zero-order chi connectivity index (χ0) is 26.7. The predicted octanol–water partition coefficient (Wildman–Crippen LogP) is 10.0. The minimum Gasteiger partial charge on any atom is -0.455 e. The molecule has 3 heteroatoms. The number of hydrogen-bond acceptors (Lipinski definition) is 2. The smallest absolute Gasteiger partial charge is 0.147 e. The van der Waals surface area contributed by atoms with E-state index in [9.17, 15) is 0 Å². The van der Waals surface area contributed by atoms with Gasteiger partial charge in [-0.25, -0.2) is 4.39 Å². The molecule has 2 aromatic heterocycles. The highest BCUT2D eigenvalue weighted by Gasteiger charge is 2.35. The largest absolute Gasteiger partial charge is 0.455 e. The Balaban J connectivity index is 1.54. The molecular weight excluding hydrogens is 457 g/mol. The normalized spacial score (nSPS) is 15.5. The van der Waals surface area contributed by atoms with E-state index in [0.717, 1.165) is 38.9 Å². The average molecular weight is 493 g/mol. The molecule has 1 aliphatic rings. The van der Waals surface area contributed by atoms with Gasteiger partial charge >= 0.3 is 0 Å². The Morgan fingerprint density at radius 1 is 0.973 bits per heavy atom. The first-order valence-corrected chi connectivity index (χ1v) is 13.4. The number of hydrogen-bond donors (Lipinski definition) is 0. The summed E-state index contributed by atoms with van der Waals surface area (Å²) in [7, 11) is 0. The van der Waals surface area contributed by atoms with Gasteiger partial charge in [0.25, 0.3) is 0 Å². The summed E-state index contributed by atoms with van der Waals surface area (Å²) in [6.45, 7) is 8.48. The van der Waals surface area contributed by atoms with Crippen molar-refractivity contribution in [1.82, 2.24) is 4.98 Å². The molecule has 37 heavy (non-hydrogen) atoms. The Labute approximate surface area is 220 Å². The lowest BCUT2D eigenvalue weighted by molar-refractivity contribution is 0.322. The van der Waals surface area contributed by atoms with Gasteiger partial charge < -0.3 is 4.42 Å². The number of fused-ring (bicyclic) bond motifs is 3. The van der Waals surface area contributed by atoms with Gasteiger partial charge in [-0.1, -0.05) is 76.9 Å². The summed E-state index contributed by atoms with van der Waals surface area (Å²) >= 11 is 0. The molecule has 0 saturated heterocycles. The Hall–Kier alpha value is -3.46. The van der Waals surface area contributed by atoms with E-state index in [1.54, 1.807) is 6.07 Å². The second-order valence-corrected chi connectivity index (χ2v) is 11.3. The van der Waals surface area contributed by atoms with Crippen LogP contribution in [0.2, 0.25) is 0 Å². The molecule has 1 aliphatic carbocycles. The highest BCUT2D eigenvalue weighted by atomic mass is 19.1. The summed E-state index contributed by atoms with van der Waals surface area (Å²) < 4.78 is 30.5. The van der Waals surface area contributed by atoms with Crippen molar-refractivity contribution in [3.8, 4) is 22.4 Å². The Morgan fingerprint density at radius 3 is 2.46 bits per heavy atom. The van der Waals surface area contributed by atoms with Crippen molar-refractivity contribution in [2.24, 2.45) is 5.92 Å². The lowest BCUT2D eigenvalue weighted by Gasteiger charge is -2.35. The molecule has 0 spiro atoms. The molecule has 5 aromatic rings. The lowest BCUT2D eigenvalue weighted by atomic mass is 9.70. The number of benzene rings is 3. The maximum absolute atomic E-state index is 15.3. The topological polar surface area (TPSA) is 26.0 Å². The van der Waals surface area contributed by atoms with Crippen LogP contribution in [0.5, 0.6) is 0 Å². The van der Waals surface area contributed by atoms with Crippen LogP contribution in [0.25, 0.3) is 44.3 Å². The number of halogens is 1. The van der Waals surface area contributed by atoms with Crippen LogP contribution in [-0.4, -0.2) is 4.98 Å². The summed E-state index contributed by atoms with van der Waals surface area (Å²) in [6.07, 6.45) is 6.79. The standard InChI is InChI=1S/C34H34FNO/c1-21(2)27-20-36-30(19-28(27)34(3,4)24-12-8-9-13-24)25-16-17-29(35)32-26-15-14-23(18-31(26)37-33(25)32)22-10-6-5-7-11-22/h5-7,10-11,14-21,24H,8-9,12-13H2,1-4H3/i21D. The van der Waals surface area contributed by atoms with Crippen molar-refractivity contribution in [3.63, 3.8) is 0 Å². The third-order valence-corrected chi connectivity index (χ3v) is 8.47. The fraction of sp³-hybridized carbons (Fsp3) is 0.324. The number of furan rings is 1. The van der Waals surface area contributed by atoms with Crippen molar-refractivity contribution in [2.75, 3.05) is 0 Å². The minimum absolute atomic E-state index is 0.0978. The van der Waals surface area contributed by atoms with Crippen molar-refractivity contribution in [2.45, 2.75) is 64.7 Å². The van der Waals surface area contributed by atoms with Crippen LogP contribution in [0.15, 0.2) is 77.3 Å². The summed E-state index contributed by atoms with van der Waals surface area (Å²) in [4.78, 5) is 4.83. The average Bonchev–Trinajstić information content (AvgIpc) is 3.58. The van der Waals surface area contributed by atoms with Crippen LogP contribution < -0.4 is 0 Å². The van der Waals surface area contributed by atoms with Gasteiger partial charge in [0.2, 0.25) is 0 Å². The van der Waals surface area contributed by atoms with Crippen LogP contribution in [0.3, 0.4) is 0 Å². The molecule has 1 saturated carbocycles. The summed E-state index contributed by atoms with van der Waals surface area (Å²) in [5.74, 6) is -0.512. The molecule has 0 atom stereocenters. The molecular formula is C34H34FNO. The van der Waals surface area contributed by atoms with Crippen LogP contribution in [-0.2, 0) is 5.41 Å². The zero-order valence-electron chi connectivity index (χ0n) is 23.1. The van der Waals surface area contributed by atoms with Gasteiger partial charge in [0, 0.05) is 18.5 Å². The first-order valence-electron chi connectivity index (χ1n) is 13.9. The molecule has 6 rings (SSSR count). The van der Waals surface area contributed by atoms with E-state index >= 15 is 4.39 Å². The van der Waals surface area contributed by atoms with Crippen LogP contribution in [0, 0.1) is 11.7 Å². The quantitative estimate of drug-likeness (QED) is 0.244. The minimum atomic E-state index is -0.776. The predicted molar refractivity (Wildman–Crippen MR) is 151 cm³/mol. The third-order valence-electron chi connectivity index (χ3n) is 8.47. The fourth-order valence-corrected chi connectivity index (χ4v) is 6.25. The molecule has 1 fully saturated rings. The number of nitrogens with zero attached hydrogens (tertiary/aromatic N) is 1. The van der Waals surface area contributed by atoms with Gasteiger partial charge in [-0.2, -0.15) is 0 Å². The summed E-state index contributed by atoms with van der Waals surface area (Å²) in [6, 6.07) is 21.5. The molecule has 3 aromatic carbocycles. The van der Waals surface area contributed by atoms with Crippen molar-refractivity contribution in [1.29, 1.82) is 0 Å². The maximum atomic E-state index is 15.3. The number of pyridine rings is 1. The Morgan fingerprint density at radius 2 is 1.73 bits per heavy atom. The van der Waals surface area contributed by atoms with E-state index in [0.29, 0.717) is 22.5 Å². The second-order valence-electron chi connectivity index (χ2n) is 11.3. The maximum Gasteiger partial charge on any atom is 0.147 e. The zero-order valence-corrected chi connectivity index (χ0v) is 22.1. The molecule has 0 radical (unpaired) electrons.